The van der Waals surface area contributed by atoms with Crippen LogP contribution < -0.4 is 0 Å². The molecule has 0 fully saturated rings. The molecule has 0 aliphatic carbocycles. The molecule has 1 aromatic carbocycles. The van der Waals surface area contributed by atoms with Crippen molar-refractivity contribution >= 4 is 11.6 Å². The minimum atomic E-state index is -0.251. The van der Waals surface area contributed by atoms with Crippen LogP contribution in [0.25, 0.3) is 0 Å². The van der Waals surface area contributed by atoms with Crippen LogP contribution in [0, 0.1) is 5.92 Å². The quantitative estimate of drug-likeness (QED) is 0.812. The van der Waals surface area contributed by atoms with Crippen LogP contribution in [0.4, 0.5) is 0 Å². The molecule has 1 N–H and O–H groups in total. The highest BCUT2D eigenvalue weighted by molar-refractivity contribution is 6.30. The van der Waals surface area contributed by atoms with Crippen LogP contribution in [-0.4, -0.2) is 11.2 Å². The molecule has 0 bridgehead atoms. The van der Waals surface area contributed by atoms with Gasteiger partial charge in [0.1, 0.15) is 0 Å². The van der Waals surface area contributed by atoms with Crippen molar-refractivity contribution in [2.24, 2.45) is 5.92 Å². The second kappa shape index (κ2) is 6.14. The lowest BCUT2D eigenvalue weighted by molar-refractivity contribution is 0.144. The number of halogens is 1. The van der Waals surface area contributed by atoms with E-state index in [1.165, 1.54) is 0 Å². The molecule has 2 unspecified atom stereocenters. The molecule has 0 saturated carbocycles. The second-order valence-electron chi connectivity index (χ2n) is 4.24. The Bertz CT molecular complexity index is 298. The van der Waals surface area contributed by atoms with Gasteiger partial charge in [0, 0.05) is 5.02 Å². The van der Waals surface area contributed by atoms with E-state index in [0.717, 1.165) is 23.4 Å². The van der Waals surface area contributed by atoms with Gasteiger partial charge in [-0.1, -0.05) is 44.0 Å². The summed E-state index contributed by atoms with van der Waals surface area (Å²) >= 11 is 5.88. The first-order valence-electron chi connectivity index (χ1n) is 5.54. The molecular weight excluding hydrogens is 208 g/mol. The third-order valence-corrected chi connectivity index (χ3v) is 2.97. The Hall–Kier alpha value is -0.530. The second-order valence-corrected chi connectivity index (χ2v) is 4.67. The van der Waals surface area contributed by atoms with Crippen molar-refractivity contribution in [2.45, 2.75) is 39.2 Å². The van der Waals surface area contributed by atoms with Gasteiger partial charge in [0.15, 0.2) is 0 Å². The normalized spacial score (nSPS) is 14.9. The van der Waals surface area contributed by atoms with E-state index in [1.807, 2.05) is 24.3 Å². The summed E-state index contributed by atoms with van der Waals surface area (Å²) in [7, 11) is 0. The van der Waals surface area contributed by atoms with Gasteiger partial charge in [0.05, 0.1) is 6.10 Å². The third-order valence-electron chi connectivity index (χ3n) is 2.73. The van der Waals surface area contributed by atoms with Crippen molar-refractivity contribution in [1.29, 1.82) is 0 Å². The average molecular weight is 227 g/mol. The molecule has 0 saturated heterocycles. The van der Waals surface area contributed by atoms with Gasteiger partial charge in [-0.05, 0) is 36.5 Å². The van der Waals surface area contributed by atoms with E-state index >= 15 is 0 Å². The van der Waals surface area contributed by atoms with Crippen molar-refractivity contribution in [2.75, 3.05) is 0 Å². The molecule has 0 aromatic heterocycles. The first-order valence-corrected chi connectivity index (χ1v) is 5.92. The molecule has 1 nitrogen and oxygen atoms in total. The highest BCUT2D eigenvalue weighted by Crippen LogP contribution is 2.16. The lowest BCUT2D eigenvalue weighted by Crippen LogP contribution is -2.14. The molecule has 0 radical (unpaired) electrons. The number of benzene rings is 1. The summed E-state index contributed by atoms with van der Waals surface area (Å²) in [5, 5.41) is 10.6. The van der Waals surface area contributed by atoms with Crippen molar-refractivity contribution in [3.05, 3.63) is 34.9 Å². The number of aliphatic hydroxyl groups excluding tert-OH is 1. The van der Waals surface area contributed by atoms with Gasteiger partial charge in [-0.25, -0.2) is 0 Å². The molecule has 0 spiro atoms. The summed E-state index contributed by atoms with van der Waals surface area (Å²) < 4.78 is 0. The standard InChI is InChI=1S/C13H19ClO/c1-3-10(2)7-13(15)9-11-5-4-6-12(14)8-11/h4-6,8,10,13,15H,3,7,9H2,1-2H3. The Morgan fingerprint density at radius 2 is 2.13 bits per heavy atom. The summed E-state index contributed by atoms with van der Waals surface area (Å²) in [6.07, 6.45) is 2.43. The first-order chi connectivity index (χ1) is 7.11. The highest BCUT2D eigenvalue weighted by atomic mass is 35.5. The van der Waals surface area contributed by atoms with E-state index < -0.39 is 0 Å². The number of rotatable bonds is 5. The van der Waals surface area contributed by atoms with Gasteiger partial charge >= 0.3 is 0 Å². The molecule has 1 aromatic rings. The Morgan fingerprint density at radius 1 is 1.40 bits per heavy atom. The van der Waals surface area contributed by atoms with Gasteiger partial charge in [-0.3, -0.25) is 0 Å². The van der Waals surface area contributed by atoms with E-state index in [4.69, 9.17) is 11.6 Å². The fourth-order valence-corrected chi connectivity index (χ4v) is 1.86. The number of hydrogen-bond donors (Lipinski definition) is 1. The summed E-state index contributed by atoms with van der Waals surface area (Å²) in [6, 6.07) is 7.70. The summed E-state index contributed by atoms with van der Waals surface area (Å²) in [6.45, 7) is 4.32. The van der Waals surface area contributed by atoms with Gasteiger partial charge in [0.2, 0.25) is 0 Å². The SMILES string of the molecule is CCC(C)CC(O)Cc1cccc(Cl)c1. The molecule has 0 amide bonds. The lowest BCUT2D eigenvalue weighted by Gasteiger charge is -2.14. The molecule has 84 valence electrons. The Labute approximate surface area is 97.1 Å². The average Bonchev–Trinajstić information content (AvgIpc) is 2.17. The Morgan fingerprint density at radius 3 is 2.73 bits per heavy atom. The van der Waals surface area contributed by atoms with Crippen LogP contribution in [0.2, 0.25) is 5.02 Å². The largest absolute Gasteiger partial charge is 0.393 e. The molecule has 1 rings (SSSR count). The molecule has 15 heavy (non-hydrogen) atoms. The Balaban J connectivity index is 2.47. The van der Waals surface area contributed by atoms with Crippen molar-refractivity contribution in [1.82, 2.24) is 0 Å². The predicted molar refractivity (Wildman–Crippen MR) is 65.2 cm³/mol. The minimum absolute atomic E-state index is 0.251. The first kappa shape index (κ1) is 12.5. The van der Waals surface area contributed by atoms with Crippen LogP contribution in [0.15, 0.2) is 24.3 Å². The van der Waals surface area contributed by atoms with E-state index in [2.05, 4.69) is 13.8 Å². The summed E-state index contributed by atoms with van der Waals surface area (Å²) in [5.74, 6) is 0.583. The maximum Gasteiger partial charge on any atom is 0.0583 e. The molecule has 2 atom stereocenters. The maximum atomic E-state index is 9.85. The zero-order valence-corrected chi connectivity index (χ0v) is 10.2. The van der Waals surface area contributed by atoms with Crippen LogP contribution in [0.1, 0.15) is 32.3 Å². The van der Waals surface area contributed by atoms with Gasteiger partial charge in [0.25, 0.3) is 0 Å². The summed E-state index contributed by atoms with van der Waals surface area (Å²) in [5.41, 5.74) is 1.11. The molecular formula is C13H19ClO. The van der Waals surface area contributed by atoms with E-state index in [9.17, 15) is 5.11 Å². The fraction of sp³-hybridized carbons (Fsp3) is 0.538. The van der Waals surface area contributed by atoms with Gasteiger partial charge in [-0.2, -0.15) is 0 Å². The zero-order valence-electron chi connectivity index (χ0n) is 9.41. The van der Waals surface area contributed by atoms with E-state index in [0.29, 0.717) is 12.3 Å². The van der Waals surface area contributed by atoms with Crippen LogP contribution in [-0.2, 0) is 6.42 Å². The predicted octanol–water partition coefficient (Wildman–Crippen LogP) is 3.68. The number of aliphatic hydroxyl groups is 1. The van der Waals surface area contributed by atoms with Gasteiger partial charge < -0.3 is 5.11 Å². The Kier molecular flexibility index (Phi) is 5.13. The topological polar surface area (TPSA) is 20.2 Å². The van der Waals surface area contributed by atoms with E-state index in [1.54, 1.807) is 0 Å². The smallest absolute Gasteiger partial charge is 0.0583 e. The van der Waals surface area contributed by atoms with Crippen molar-refractivity contribution in [3.63, 3.8) is 0 Å². The van der Waals surface area contributed by atoms with Crippen LogP contribution >= 0.6 is 11.6 Å². The number of hydrogen-bond acceptors (Lipinski definition) is 1. The maximum absolute atomic E-state index is 9.85. The van der Waals surface area contributed by atoms with E-state index in [-0.39, 0.29) is 6.10 Å². The van der Waals surface area contributed by atoms with Crippen LogP contribution in [0.5, 0.6) is 0 Å². The zero-order chi connectivity index (χ0) is 11.3. The highest BCUT2D eigenvalue weighted by Gasteiger charge is 2.09. The lowest BCUT2D eigenvalue weighted by atomic mass is 9.97. The molecule has 2 heteroatoms. The third kappa shape index (κ3) is 4.67. The molecule has 0 heterocycles. The summed E-state index contributed by atoms with van der Waals surface area (Å²) in [4.78, 5) is 0. The molecule has 0 aliphatic heterocycles. The minimum Gasteiger partial charge on any atom is -0.393 e. The van der Waals surface area contributed by atoms with Crippen molar-refractivity contribution < 1.29 is 5.11 Å². The monoisotopic (exact) mass is 226 g/mol. The van der Waals surface area contributed by atoms with Crippen LogP contribution in [0.3, 0.4) is 0 Å². The van der Waals surface area contributed by atoms with Gasteiger partial charge in [-0.15, -0.1) is 0 Å². The molecule has 0 aliphatic rings. The van der Waals surface area contributed by atoms with Crippen molar-refractivity contribution in [3.8, 4) is 0 Å². The fourth-order valence-electron chi connectivity index (χ4n) is 1.65.